The molecule has 4 rings (SSSR count). The normalized spacial score (nSPS) is 11.1. The zero-order valence-electron chi connectivity index (χ0n) is 19.9. The quantitative estimate of drug-likeness (QED) is 0.249. The van der Waals surface area contributed by atoms with Crippen molar-refractivity contribution in [1.29, 1.82) is 0 Å². The Morgan fingerprint density at radius 2 is 1.54 bits per heavy atom. The average Bonchev–Trinajstić information content (AvgIpc) is 2.89. The van der Waals surface area contributed by atoms with Gasteiger partial charge in [0.15, 0.2) is 6.61 Å². The van der Waals surface area contributed by atoms with Crippen molar-refractivity contribution in [2.45, 2.75) is 18.4 Å². The molecule has 37 heavy (non-hydrogen) atoms. The molecule has 0 atom stereocenters. The number of amides is 1. The van der Waals surface area contributed by atoms with Crippen LogP contribution in [0.15, 0.2) is 102 Å². The van der Waals surface area contributed by atoms with Crippen molar-refractivity contribution in [2.75, 3.05) is 16.2 Å². The number of ether oxygens (including phenoxy) is 1. The number of carbonyl (C=O) groups is 1. The monoisotopic (exact) mass is 554 g/mol. The molecule has 4 aromatic rings. The van der Waals surface area contributed by atoms with Gasteiger partial charge in [-0.2, -0.15) is 0 Å². The van der Waals surface area contributed by atoms with Crippen LogP contribution >= 0.6 is 23.2 Å². The van der Waals surface area contributed by atoms with Crippen molar-refractivity contribution < 1.29 is 17.9 Å². The summed E-state index contributed by atoms with van der Waals surface area (Å²) in [6, 6.07) is 27.5. The van der Waals surface area contributed by atoms with E-state index in [-0.39, 0.29) is 24.0 Å². The summed E-state index contributed by atoms with van der Waals surface area (Å²) >= 11 is 11.9. The third kappa shape index (κ3) is 6.83. The van der Waals surface area contributed by atoms with Gasteiger partial charge in [-0.1, -0.05) is 71.2 Å². The van der Waals surface area contributed by atoms with Gasteiger partial charge in [0.25, 0.3) is 15.9 Å². The Bertz CT molecular complexity index is 1480. The van der Waals surface area contributed by atoms with Gasteiger partial charge >= 0.3 is 0 Å². The van der Waals surface area contributed by atoms with E-state index in [0.29, 0.717) is 27.2 Å². The molecule has 0 aliphatic heterocycles. The van der Waals surface area contributed by atoms with E-state index in [2.05, 4.69) is 5.32 Å². The minimum absolute atomic E-state index is 0.156. The molecule has 0 spiro atoms. The van der Waals surface area contributed by atoms with Crippen LogP contribution in [0, 0.1) is 6.92 Å². The van der Waals surface area contributed by atoms with Gasteiger partial charge in [-0.15, -0.1) is 0 Å². The summed E-state index contributed by atoms with van der Waals surface area (Å²) in [5.74, 6) is 0.0375. The first-order chi connectivity index (χ1) is 17.7. The fraction of sp³-hybridized carbons (Fsp3) is 0.107. The maximum Gasteiger partial charge on any atom is 0.264 e. The van der Waals surface area contributed by atoms with Crippen LogP contribution in [-0.4, -0.2) is 20.9 Å². The van der Waals surface area contributed by atoms with Gasteiger partial charge in [0.1, 0.15) is 5.75 Å². The maximum absolute atomic E-state index is 13.6. The summed E-state index contributed by atoms with van der Waals surface area (Å²) in [5.41, 5.74) is 2.78. The number of nitrogens with one attached hydrogen (secondary N) is 1. The first-order valence-electron chi connectivity index (χ1n) is 11.3. The van der Waals surface area contributed by atoms with E-state index < -0.39 is 10.0 Å². The number of aryl methyl sites for hydroxylation is 1. The molecule has 0 bridgehead atoms. The second kappa shape index (κ2) is 11.7. The van der Waals surface area contributed by atoms with Crippen molar-refractivity contribution in [1.82, 2.24) is 0 Å². The SMILES string of the molecule is Cc1ccc(S(=O)(=O)N(Cc2ccccc2)c2ccc(OCC(=O)Nc3ccc(Cl)c(Cl)c3)cc2)cc1. The highest BCUT2D eigenvalue weighted by molar-refractivity contribution is 7.92. The topological polar surface area (TPSA) is 75.7 Å². The Morgan fingerprint density at radius 3 is 2.19 bits per heavy atom. The largest absolute Gasteiger partial charge is 0.484 e. The molecule has 9 heteroatoms. The van der Waals surface area contributed by atoms with Crippen LogP contribution in [0.25, 0.3) is 0 Å². The molecule has 0 saturated carbocycles. The van der Waals surface area contributed by atoms with E-state index in [0.717, 1.165) is 11.1 Å². The molecular weight excluding hydrogens is 531 g/mol. The van der Waals surface area contributed by atoms with Crippen LogP contribution in [0.3, 0.4) is 0 Å². The molecule has 0 saturated heterocycles. The molecular formula is C28H24Cl2N2O4S. The molecule has 190 valence electrons. The Morgan fingerprint density at radius 1 is 0.865 bits per heavy atom. The highest BCUT2D eigenvalue weighted by Crippen LogP contribution is 2.28. The lowest BCUT2D eigenvalue weighted by molar-refractivity contribution is -0.118. The fourth-order valence-electron chi connectivity index (χ4n) is 3.53. The van der Waals surface area contributed by atoms with Gasteiger partial charge in [0.05, 0.1) is 27.2 Å². The highest BCUT2D eigenvalue weighted by Gasteiger charge is 2.25. The molecule has 0 heterocycles. The van der Waals surface area contributed by atoms with E-state index in [1.807, 2.05) is 37.3 Å². The second-order valence-corrected chi connectivity index (χ2v) is 10.9. The number of halogens is 2. The minimum Gasteiger partial charge on any atom is -0.484 e. The number of carbonyl (C=O) groups excluding carboxylic acids is 1. The zero-order valence-corrected chi connectivity index (χ0v) is 22.2. The molecule has 1 amide bonds. The first kappa shape index (κ1) is 26.5. The van der Waals surface area contributed by atoms with Gasteiger partial charge in [-0.3, -0.25) is 9.10 Å². The maximum atomic E-state index is 13.6. The summed E-state index contributed by atoms with van der Waals surface area (Å²) in [7, 11) is -3.84. The van der Waals surface area contributed by atoms with E-state index in [1.54, 1.807) is 66.7 Å². The number of hydrogen-bond donors (Lipinski definition) is 1. The summed E-state index contributed by atoms with van der Waals surface area (Å²) < 4.78 is 34.1. The molecule has 6 nitrogen and oxygen atoms in total. The van der Waals surface area contributed by atoms with Crippen LogP contribution in [-0.2, 0) is 21.4 Å². The van der Waals surface area contributed by atoms with E-state index in [1.165, 1.54) is 4.31 Å². The molecule has 0 aliphatic carbocycles. The van der Waals surface area contributed by atoms with Crippen LogP contribution in [0.5, 0.6) is 5.75 Å². The van der Waals surface area contributed by atoms with Crippen LogP contribution < -0.4 is 14.4 Å². The number of sulfonamides is 1. The minimum atomic E-state index is -3.84. The third-order valence-electron chi connectivity index (χ3n) is 5.48. The third-order valence-corrected chi connectivity index (χ3v) is 8.00. The lowest BCUT2D eigenvalue weighted by Crippen LogP contribution is -2.30. The summed E-state index contributed by atoms with van der Waals surface area (Å²) in [4.78, 5) is 12.5. The van der Waals surface area contributed by atoms with Crippen LogP contribution in [0.2, 0.25) is 10.0 Å². The van der Waals surface area contributed by atoms with Crippen molar-refractivity contribution in [3.8, 4) is 5.75 Å². The Balaban J connectivity index is 1.50. The number of benzene rings is 4. The first-order valence-corrected chi connectivity index (χ1v) is 13.5. The Hall–Kier alpha value is -3.52. The molecule has 0 aliphatic rings. The van der Waals surface area contributed by atoms with Crippen LogP contribution in [0.1, 0.15) is 11.1 Å². The molecule has 1 N–H and O–H groups in total. The summed E-state index contributed by atoms with van der Waals surface area (Å²) in [5, 5.41) is 3.41. The second-order valence-electron chi connectivity index (χ2n) is 8.27. The van der Waals surface area contributed by atoms with Gasteiger partial charge in [-0.05, 0) is 67.1 Å². The van der Waals surface area contributed by atoms with Gasteiger partial charge in [-0.25, -0.2) is 8.42 Å². The molecule has 0 unspecified atom stereocenters. The predicted octanol–water partition coefficient (Wildman–Crippen LogP) is 6.71. The van der Waals surface area contributed by atoms with Gasteiger partial charge < -0.3 is 10.1 Å². The lowest BCUT2D eigenvalue weighted by Gasteiger charge is -2.25. The Kier molecular flexibility index (Phi) is 8.38. The lowest BCUT2D eigenvalue weighted by atomic mass is 10.2. The molecule has 0 aromatic heterocycles. The smallest absolute Gasteiger partial charge is 0.264 e. The average molecular weight is 555 g/mol. The molecule has 0 fully saturated rings. The van der Waals surface area contributed by atoms with Gasteiger partial charge in [0.2, 0.25) is 0 Å². The molecule has 4 aromatic carbocycles. The fourth-order valence-corrected chi connectivity index (χ4v) is 5.28. The van der Waals surface area contributed by atoms with Crippen molar-refractivity contribution in [3.63, 3.8) is 0 Å². The van der Waals surface area contributed by atoms with Gasteiger partial charge in [0, 0.05) is 5.69 Å². The highest BCUT2D eigenvalue weighted by atomic mass is 35.5. The Labute approximate surface area is 226 Å². The van der Waals surface area contributed by atoms with Crippen molar-refractivity contribution in [3.05, 3.63) is 118 Å². The van der Waals surface area contributed by atoms with Crippen LogP contribution in [0.4, 0.5) is 11.4 Å². The van der Waals surface area contributed by atoms with Crippen molar-refractivity contribution in [2.24, 2.45) is 0 Å². The standard InChI is InChI=1S/C28H24Cl2N2O4S/c1-20-7-14-25(15-8-20)37(34,35)32(18-21-5-3-2-4-6-21)23-10-12-24(13-11-23)36-19-28(33)31-22-9-16-26(29)27(30)17-22/h2-17H,18-19H2,1H3,(H,31,33). The summed E-state index contributed by atoms with van der Waals surface area (Å²) in [6.07, 6.45) is 0. The van der Waals surface area contributed by atoms with E-state index in [4.69, 9.17) is 27.9 Å². The number of anilines is 2. The number of rotatable bonds is 9. The number of hydrogen-bond acceptors (Lipinski definition) is 4. The number of nitrogens with zero attached hydrogens (tertiary/aromatic N) is 1. The zero-order chi connectivity index (χ0) is 26.4. The van der Waals surface area contributed by atoms with E-state index in [9.17, 15) is 13.2 Å². The van der Waals surface area contributed by atoms with Crippen molar-refractivity contribution >= 4 is 50.5 Å². The molecule has 0 radical (unpaired) electrons. The predicted molar refractivity (Wildman–Crippen MR) is 148 cm³/mol. The summed E-state index contributed by atoms with van der Waals surface area (Å²) in [6.45, 7) is 1.82. The van der Waals surface area contributed by atoms with E-state index >= 15 is 0 Å².